The van der Waals surface area contributed by atoms with Crippen molar-refractivity contribution in [1.29, 1.82) is 0 Å². The quantitative estimate of drug-likeness (QED) is 0.199. The van der Waals surface area contributed by atoms with Crippen molar-refractivity contribution in [2.75, 3.05) is 26.2 Å². The lowest BCUT2D eigenvalue weighted by molar-refractivity contribution is -0.138. The first kappa shape index (κ1) is 34.2. The Balaban J connectivity index is 1.66. The highest BCUT2D eigenvalue weighted by Gasteiger charge is 2.30. The summed E-state index contributed by atoms with van der Waals surface area (Å²) in [6.45, 7) is 10.1. The van der Waals surface area contributed by atoms with Crippen LogP contribution in [0.4, 0.5) is 14.4 Å². The molecular weight excluding hydrogens is 566 g/mol. The number of hydrogen-bond acceptors (Lipinski definition) is 7. The number of alkyl carbamates (subject to hydrolysis) is 2. The molecule has 0 radical (unpaired) electrons. The number of hydrogen-bond donors (Lipinski definition) is 3. The molecule has 0 spiro atoms. The van der Waals surface area contributed by atoms with E-state index in [0.717, 1.165) is 27.2 Å². The summed E-state index contributed by atoms with van der Waals surface area (Å²) in [5.41, 5.74) is 2.92. The van der Waals surface area contributed by atoms with Gasteiger partial charge < -0.3 is 30.0 Å². The summed E-state index contributed by atoms with van der Waals surface area (Å²) in [6.07, 6.45) is -0.497. The third-order valence-corrected chi connectivity index (χ3v) is 6.73. The maximum Gasteiger partial charge on any atom is 0.410 e. The standard InChI is InChI=1S/C33H45N3O8/c1-32(2,3)43-29(39)34-18-12-11-13-22(19-36(20-28(37)38)31(41)44-33(4,5)6)35-30(40)42-21-27-25-16-9-7-14-23(25)24-15-8-10-17-26(24)27/h7-10,14-17,22,27H,11-13,18-21H2,1-6H3,(H,34,39)(H,35,40)(H,37,38). The molecule has 0 fully saturated rings. The first-order valence-corrected chi connectivity index (χ1v) is 14.9. The smallest absolute Gasteiger partial charge is 0.410 e. The third-order valence-electron chi connectivity index (χ3n) is 6.73. The molecule has 2 aromatic rings. The molecule has 240 valence electrons. The SMILES string of the molecule is CC(C)(C)OC(=O)NCCCCC(CN(CC(=O)O)C(=O)OC(C)(C)C)NC(=O)OCC1c2ccccc2-c2ccccc21. The van der Waals surface area contributed by atoms with Gasteiger partial charge in [-0.15, -0.1) is 0 Å². The van der Waals surface area contributed by atoms with Crippen molar-refractivity contribution in [3.63, 3.8) is 0 Å². The van der Waals surface area contributed by atoms with Gasteiger partial charge in [-0.3, -0.25) is 9.69 Å². The molecule has 0 saturated heterocycles. The molecule has 3 rings (SSSR count). The van der Waals surface area contributed by atoms with Gasteiger partial charge in [0.2, 0.25) is 0 Å². The molecule has 1 aliphatic carbocycles. The first-order valence-electron chi connectivity index (χ1n) is 14.9. The largest absolute Gasteiger partial charge is 0.480 e. The van der Waals surface area contributed by atoms with Crippen LogP contribution in [0.5, 0.6) is 0 Å². The predicted octanol–water partition coefficient (Wildman–Crippen LogP) is 5.91. The van der Waals surface area contributed by atoms with E-state index in [4.69, 9.17) is 14.2 Å². The van der Waals surface area contributed by atoms with Crippen molar-refractivity contribution in [3.05, 3.63) is 59.7 Å². The summed E-state index contributed by atoms with van der Waals surface area (Å²) >= 11 is 0. The number of amides is 3. The molecule has 3 amide bonds. The highest BCUT2D eigenvalue weighted by atomic mass is 16.6. The Hall–Kier alpha value is -4.28. The zero-order valence-corrected chi connectivity index (χ0v) is 26.5. The second-order valence-corrected chi connectivity index (χ2v) is 12.8. The van der Waals surface area contributed by atoms with Crippen molar-refractivity contribution in [3.8, 4) is 11.1 Å². The summed E-state index contributed by atoms with van der Waals surface area (Å²) in [5, 5.41) is 15.0. The Morgan fingerprint density at radius 1 is 0.841 bits per heavy atom. The number of carboxylic acid groups (broad SMARTS) is 1. The minimum atomic E-state index is -1.21. The van der Waals surface area contributed by atoms with Crippen LogP contribution in [0.15, 0.2) is 48.5 Å². The van der Waals surface area contributed by atoms with Crippen molar-refractivity contribution in [2.45, 2.75) is 84.0 Å². The summed E-state index contributed by atoms with van der Waals surface area (Å²) in [5.74, 6) is -1.34. The van der Waals surface area contributed by atoms with Crippen molar-refractivity contribution in [1.82, 2.24) is 15.5 Å². The molecule has 1 unspecified atom stereocenters. The number of carbonyl (C=O) groups excluding carboxylic acids is 3. The summed E-state index contributed by atoms with van der Waals surface area (Å²) < 4.78 is 16.4. The maximum atomic E-state index is 13.1. The van der Waals surface area contributed by atoms with E-state index in [1.54, 1.807) is 41.5 Å². The number of ether oxygens (including phenoxy) is 3. The predicted molar refractivity (Wildman–Crippen MR) is 166 cm³/mol. The third kappa shape index (κ3) is 10.8. The highest BCUT2D eigenvalue weighted by molar-refractivity contribution is 5.79. The second-order valence-electron chi connectivity index (χ2n) is 12.8. The fourth-order valence-corrected chi connectivity index (χ4v) is 5.00. The van der Waals surface area contributed by atoms with E-state index in [-0.39, 0.29) is 19.1 Å². The van der Waals surface area contributed by atoms with E-state index in [0.29, 0.717) is 25.8 Å². The minimum Gasteiger partial charge on any atom is -0.480 e. The average Bonchev–Trinajstić information content (AvgIpc) is 3.22. The number of carboxylic acids is 1. The minimum absolute atomic E-state index is 0.106. The van der Waals surface area contributed by atoms with E-state index in [1.165, 1.54) is 0 Å². The fourth-order valence-electron chi connectivity index (χ4n) is 5.00. The van der Waals surface area contributed by atoms with Gasteiger partial charge in [0.05, 0.1) is 0 Å². The van der Waals surface area contributed by atoms with Crippen LogP contribution in [0.25, 0.3) is 11.1 Å². The number of rotatable bonds is 12. The van der Waals surface area contributed by atoms with Gasteiger partial charge in [0.1, 0.15) is 24.4 Å². The van der Waals surface area contributed by atoms with Crippen LogP contribution in [-0.4, -0.2) is 77.7 Å². The topological polar surface area (TPSA) is 144 Å². The monoisotopic (exact) mass is 611 g/mol. The Kier molecular flexibility index (Phi) is 11.6. The van der Waals surface area contributed by atoms with Crippen LogP contribution in [0.1, 0.15) is 77.8 Å². The molecule has 0 bridgehead atoms. The Morgan fingerprint density at radius 2 is 1.41 bits per heavy atom. The van der Waals surface area contributed by atoms with Gasteiger partial charge in [0, 0.05) is 25.0 Å². The molecule has 3 N–H and O–H groups in total. The molecule has 11 heteroatoms. The number of unbranched alkanes of at least 4 members (excludes halogenated alkanes) is 1. The number of aliphatic carboxylic acids is 1. The van der Waals surface area contributed by atoms with Gasteiger partial charge in [-0.2, -0.15) is 0 Å². The van der Waals surface area contributed by atoms with E-state index in [9.17, 15) is 24.3 Å². The molecule has 0 saturated carbocycles. The lowest BCUT2D eigenvalue weighted by atomic mass is 9.98. The lowest BCUT2D eigenvalue weighted by Crippen LogP contribution is -2.49. The summed E-state index contributed by atoms with van der Waals surface area (Å²) in [6, 6.07) is 15.4. The van der Waals surface area contributed by atoms with Crippen LogP contribution in [0.2, 0.25) is 0 Å². The maximum absolute atomic E-state index is 13.1. The van der Waals surface area contributed by atoms with Crippen LogP contribution in [0.3, 0.4) is 0 Å². The zero-order chi connectivity index (χ0) is 32.5. The molecule has 1 atom stereocenters. The second kappa shape index (κ2) is 14.9. The Labute approximate surface area is 259 Å². The van der Waals surface area contributed by atoms with Gasteiger partial charge in [0.15, 0.2) is 0 Å². The molecule has 1 aliphatic rings. The van der Waals surface area contributed by atoms with Crippen LogP contribution in [-0.2, 0) is 19.0 Å². The first-order chi connectivity index (χ1) is 20.6. The number of nitrogens with one attached hydrogen (secondary N) is 2. The van der Waals surface area contributed by atoms with E-state index < -0.39 is 48.0 Å². The number of fused-ring (bicyclic) bond motifs is 3. The van der Waals surface area contributed by atoms with Crippen molar-refractivity contribution < 1.29 is 38.5 Å². The molecule has 0 aliphatic heterocycles. The summed E-state index contributed by atoms with van der Waals surface area (Å²) in [7, 11) is 0. The van der Waals surface area contributed by atoms with Crippen molar-refractivity contribution >= 4 is 24.2 Å². The molecule has 44 heavy (non-hydrogen) atoms. The van der Waals surface area contributed by atoms with E-state index in [2.05, 4.69) is 22.8 Å². The number of carbonyl (C=O) groups is 4. The molecular formula is C33H45N3O8. The van der Waals surface area contributed by atoms with Gasteiger partial charge in [-0.05, 0) is 83.1 Å². The Morgan fingerprint density at radius 3 is 1.95 bits per heavy atom. The van der Waals surface area contributed by atoms with Gasteiger partial charge in [-0.1, -0.05) is 48.5 Å². The van der Waals surface area contributed by atoms with Crippen LogP contribution >= 0.6 is 0 Å². The molecule has 0 heterocycles. The average molecular weight is 612 g/mol. The van der Waals surface area contributed by atoms with Gasteiger partial charge in [-0.25, -0.2) is 14.4 Å². The van der Waals surface area contributed by atoms with Crippen LogP contribution < -0.4 is 10.6 Å². The fraction of sp³-hybridized carbons (Fsp3) is 0.515. The summed E-state index contributed by atoms with van der Waals surface area (Å²) in [4.78, 5) is 50.5. The van der Waals surface area contributed by atoms with Gasteiger partial charge in [0.25, 0.3) is 0 Å². The zero-order valence-electron chi connectivity index (χ0n) is 26.5. The normalized spacial score (nSPS) is 13.2. The highest BCUT2D eigenvalue weighted by Crippen LogP contribution is 2.44. The van der Waals surface area contributed by atoms with E-state index in [1.807, 2.05) is 36.4 Å². The van der Waals surface area contributed by atoms with Crippen molar-refractivity contribution in [2.24, 2.45) is 0 Å². The molecule has 11 nitrogen and oxygen atoms in total. The van der Waals surface area contributed by atoms with Crippen LogP contribution in [0, 0.1) is 0 Å². The van der Waals surface area contributed by atoms with E-state index >= 15 is 0 Å². The lowest BCUT2D eigenvalue weighted by Gasteiger charge is -2.29. The number of nitrogens with zero attached hydrogens (tertiary/aromatic N) is 1. The molecule has 2 aromatic carbocycles. The molecule has 0 aromatic heterocycles. The number of benzene rings is 2. The van der Waals surface area contributed by atoms with Gasteiger partial charge >= 0.3 is 24.2 Å². The Bertz CT molecular complexity index is 1270.